The molecule has 0 unspecified atom stereocenters. The maximum atomic E-state index is 10.9. The highest BCUT2D eigenvalue weighted by molar-refractivity contribution is 5.90. The van der Waals surface area contributed by atoms with E-state index in [0.717, 1.165) is 0 Å². The molecule has 1 N–H and O–H groups in total. The van der Waals surface area contributed by atoms with Gasteiger partial charge >= 0.3 is 5.97 Å². The fraction of sp³-hybridized carbons (Fsp3) is 0. The molecule has 0 aliphatic rings. The van der Waals surface area contributed by atoms with E-state index >= 15 is 0 Å². The van der Waals surface area contributed by atoms with Crippen LogP contribution >= 0.6 is 12.4 Å². The standard InChI is InChI=1S/C13H10O3.ClH/c14-13(15)11-8-4-5-9-12(11)16-10-6-2-1-3-7-10;/h1-9H,(H,14,15);1H. The third-order valence-electron chi connectivity index (χ3n) is 2.09. The lowest BCUT2D eigenvalue weighted by Crippen LogP contribution is -1.99. The van der Waals surface area contributed by atoms with E-state index in [9.17, 15) is 4.79 Å². The van der Waals surface area contributed by atoms with Crippen LogP contribution in [0.2, 0.25) is 0 Å². The van der Waals surface area contributed by atoms with E-state index in [1.165, 1.54) is 6.07 Å². The van der Waals surface area contributed by atoms with E-state index in [1.54, 1.807) is 30.3 Å². The molecule has 88 valence electrons. The zero-order chi connectivity index (χ0) is 11.4. The molecule has 0 aliphatic heterocycles. The molecule has 0 saturated carbocycles. The minimum atomic E-state index is -0.994. The van der Waals surface area contributed by atoms with Crippen molar-refractivity contribution in [3.8, 4) is 11.5 Å². The van der Waals surface area contributed by atoms with Crippen LogP contribution in [0.5, 0.6) is 11.5 Å². The smallest absolute Gasteiger partial charge is 0.339 e. The third kappa shape index (κ3) is 3.23. The molecule has 0 saturated heterocycles. The van der Waals surface area contributed by atoms with Crippen LogP contribution in [0.1, 0.15) is 10.4 Å². The average molecular weight is 251 g/mol. The van der Waals surface area contributed by atoms with Crippen LogP contribution in [0.15, 0.2) is 54.6 Å². The van der Waals surface area contributed by atoms with Crippen molar-refractivity contribution in [3.05, 3.63) is 60.2 Å². The maximum absolute atomic E-state index is 10.9. The first-order valence-electron chi connectivity index (χ1n) is 4.82. The predicted octanol–water partition coefficient (Wildman–Crippen LogP) is 3.60. The van der Waals surface area contributed by atoms with Crippen LogP contribution < -0.4 is 4.74 Å². The van der Waals surface area contributed by atoms with E-state index in [1.807, 2.05) is 18.2 Å². The molecular formula is C13H11ClO3. The Morgan fingerprint density at radius 3 is 2.18 bits per heavy atom. The summed E-state index contributed by atoms with van der Waals surface area (Å²) in [6.45, 7) is 0. The molecule has 0 fully saturated rings. The molecule has 2 aromatic carbocycles. The van der Waals surface area contributed by atoms with Gasteiger partial charge in [-0.3, -0.25) is 0 Å². The minimum Gasteiger partial charge on any atom is -0.478 e. The number of halogens is 1. The van der Waals surface area contributed by atoms with Gasteiger partial charge in [0.25, 0.3) is 0 Å². The van der Waals surface area contributed by atoms with E-state index in [2.05, 4.69) is 0 Å². The molecule has 17 heavy (non-hydrogen) atoms. The number of ether oxygens (including phenoxy) is 1. The Morgan fingerprint density at radius 2 is 1.53 bits per heavy atom. The minimum absolute atomic E-state index is 0. The van der Waals surface area contributed by atoms with Gasteiger partial charge in [-0.05, 0) is 24.3 Å². The molecule has 0 heterocycles. The van der Waals surface area contributed by atoms with Crippen LogP contribution in [0, 0.1) is 0 Å². The van der Waals surface area contributed by atoms with Gasteiger partial charge < -0.3 is 9.84 Å². The van der Waals surface area contributed by atoms with Crippen molar-refractivity contribution in [3.63, 3.8) is 0 Å². The summed E-state index contributed by atoms with van der Waals surface area (Å²) in [7, 11) is 0. The number of para-hydroxylation sites is 2. The van der Waals surface area contributed by atoms with E-state index in [-0.39, 0.29) is 18.0 Å². The molecule has 2 aromatic rings. The van der Waals surface area contributed by atoms with Gasteiger partial charge in [0.15, 0.2) is 0 Å². The average Bonchev–Trinajstić information content (AvgIpc) is 2.31. The van der Waals surface area contributed by atoms with E-state index in [0.29, 0.717) is 11.5 Å². The molecular weight excluding hydrogens is 240 g/mol. The Morgan fingerprint density at radius 1 is 0.941 bits per heavy atom. The summed E-state index contributed by atoms with van der Waals surface area (Å²) in [5, 5.41) is 8.96. The van der Waals surface area contributed by atoms with Gasteiger partial charge in [-0.15, -0.1) is 12.4 Å². The van der Waals surface area contributed by atoms with Crippen molar-refractivity contribution >= 4 is 18.4 Å². The topological polar surface area (TPSA) is 46.5 Å². The Labute approximate surface area is 105 Å². The number of hydrogen-bond donors (Lipinski definition) is 1. The van der Waals surface area contributed by atoms with Gasteiger partial charge in [0, 0.05) is 0 Å². The van der Waals surface area contributed by atoms with Crippen molar-refractivity contribution in [2.45, 2.75) is 0 Å². The normalized spacial score (nSPS) is 9.18. The summed E-state index contributed by atoms with van der Waals surface area (Å²) in [6.07, 6.45) is 0. The van der Waals surface area contributed by atoms with Crippen molar-refractivity contribution < 1.29 is 14.6 Å². The zero-order valence-corrected chi connectivity index (χ0v) is 9.68. The lowest BCUT2D eigenvalue weighted by Gasteiger charge is -2.07. The van der Waals surface area contributed by atoms with Crippen molar-refractivity contribution in [2.75, 3.05) is 0 Å². The molecule has 2 rings (SSSR count). The Balaban J connectivity index is 0.00000144. The summed E-state index contributed by atoms with van der Waals surface area (Å²) in [4.78, 5) is 10.9. The van der Waals surface area contributed by atoms with Crippen LogP contribution in [0.3, 0.4) is 0 Å². The maximum Gasteiger partial charge on any atom is 0.339 e. The van der Waals surface area contributed by atoms with E-state index < -0.39 is 5.97 Å². The Kier molecular flexibility index (Phi) is 4.55. The highest BCUT2D eigenvalue weighted by atomic mass is 35.5. The van der Waals surface area contributed by atoms with Gasteiger partial charge in [0.2, 0.25) is 0 Å². The van der Waals surface area contributed by atoms with Gasteiger partial charge in [-0.2, -0.15) is 0 Å². The first-order valence-corrected chi connectivity index (χ1v) is 4.82. The van der Waals surface area contributed by atoms with Crippen LogP contribution in [0.4, 0.5) is 0 Å². The third-order valence-corrected chi connectivity index (χ3v) is 2.09. The molecule has 3 nitrogen and oxygen atoms in total. The quantitative estimate of drug-likeness (QED) is 0.905. The fourth-order valence-electron chi connectivity index (χ4n) is 1.35. The summed E-state index contributed by atoms with van der Waals surface area (Å²) in [6, 6.07) is 15.6. The van der Waals surface area contributed by atoms with Crippen LogP contribution in [-0.2, 0) is 0 Å². The van der Waals surface area contributed by atoms with Crippen LogP contribution in [0.25, 0.3) is 0 Å². The Hall–Kier alpha value is -2.00. The van der Waals surface area contributed by atoms with Gasteiger partial charge in [-0.1, -0.05) is 30.3 Å². The van der Waals surface area contributed by atoms with Crippen LogP contribution in [-0.4, -0.2) is 11.1 Å². The number of hydrogen-bond acceptors (Lipinski definition) is 2. The summed E-state index contributed by atoms with van der Waals surface area (Å²) >= 11 is 0. The lowest BCUT2D eigenvalue weighted by molar-refractivity contribution is 0.0694. The Bertz CT molecular complexity index is 497. The molecule has 0 bridgehead atoms. The van der Waals surface area contributed by atoms with Crippen molar-refractivity contribution in [1.29, 1.82) is 0 Å². The summed E-state index contributed by atoms with van der Waals surface area (Å²) in [5.41, 5.74) is 0.159. The van der Waals surface area contributed by atoms with Gasteiger partial charge in [0.1, 0.15) is 17.1 Å². The number of benzene rings is 2. The predicted molar refractivity (Wildman–Crippen MR) is 67.2 cm³/mol. The second-order valence-electron chi connectivity index (χ2n) is 3.22. The molecule has 0 amide bonds. The first kappa shape index (κ1) is 13.1. The molecule has 0 aromatic heterocycles. The lowest BCUT2D eigenvalue weighted by atomic mass is 10.2. The van der Waals surface area contributed by atoms with Crippen molar-refractivity contribution in [1.82, 2.24) is 0 Å². The molecule has 0 radical (unpaired) electrons. The highest BCUT2D eigenvalue weighted by Gasteiger charge is 2.10. The van der Waals surface area contributed by atoms with Gasteiger partial charge in [-0.25, -0.2) is 4.79 Å². The monoisotopic (exact) mass is 250 g/mol. The fourth-order valence-corrected chi connectivity index (χ4v) is 1.35. The first-order chi connectivity index (χ1) is 7.77. The number of rotatable bonds is 3. The molecule has 0 aliphatic carbocycles. The van der Waals surface area contributed by atoms with E-state index in [4.69, 9.17) is 9.84 Å². The second kappa shape index (κ2) is 5.92. The summed E-state index contributed by atoms with van der Waals surface area (Å²) in [5.74, 6) is -0.0241. The largest absolute Gasteiger partial charge is 0.478 e. The number of carboxylic acid groups (broad SMARTS) is 1. The molecule has 4 heteroatoms. The highest BCUT2D eigenvalue weighted by Crippen LogP contribution is 2.24. The number of aromatic carboxylic acids is 1. The van der Waals surface area contributed by atoms with Crippen molar-refractivity contribution in [2.24, 2.45) is 0 Å². The molecule has 0 spiro atoms. The zero-order valence-electron chi connectivity index (χ0n) is 8.87. The second-order valence-corrected chi connectivity index (χ2v) is 3.22. The number of carbonyl (C=O) groups is 1. The SMILES string of the molecule is Cl.O=C(O)c1ccccc1Oc1ccccc1. The molecule has 0 atom stereocenters. The summed E-state index contributed by atoms with van der Waals surface area (Å²) < 4.78 is 5.49. The van der Waals surface area contributed by atoms with Gasteiger partial charge in [0.05, 0.1) is 0 Å². The number of carboxylic acids is 1.